The number of amides is 3. The minimum Gasteiger partial charge on any atom is -0.481 e. The number of carboxylic acid groups (broad SMARTS) is 1. The van der Waals surface area contributed by atoms with Gasteiger partial charge in [0.05, 0.1) is 18.6 Å². The summed E-state index contributed by atoms with van der Waals surface area (Å²) < 4.78 is 5.17. The number of primary amides is 1. The van der Waals surface area contributed by atoms with E-state index < -0.39 is 38.1 Å². The second-order valence-corrected chi connectivity index (χ2v) is 14.1. The summed E-state index contributed by atoms with van der Waals surface area (Å²) in [5.41, 5.74) is 4.96. The third-order valence-corrected chi connectivity index (χ3v) is 5.90. The molecule has 0 fully saturated rings. The zero-order valence-corrected chi connectivity index (χ0v) is 18.5. The number of Topliss-reactive ketones (excluding diaryl/α,β-unsaturated/α-hetero) is 1. The number of hydrogen-bond donors (Lipinski definition) is 4. The lowest BCUT2D eigenvalue weighted by molar-refractivity contribution is -0.144. The van der Waals surface area contributed by atoms with E-state index in [1.807, 2.05) is 0 Å². The average molecular weight is 418 g/mol. The maximum Gasteiger partial charge on any atom is 0.407 e. The number of nitrogens with two attached hydrogens (primary N) is 1. The van der Waals surface area contributed by atoms with Crippen molar-refractivity contribution in [2.24, 2.45) is 17.6 Å². The molecule has 2 atom stereocenters. The summed E-state index contributed by atoms with van der Waals surface area (Å²) >= 11 is 0. The van der Waals surface area contributed by atoms with Crippen LogP contribution in [0.4, 0.5) is 9.59 Å². The lowest BCUT2D eigenvalue weighted by Gasteiger charge is -2.23. The summed E-state index contributed by atoms with van der Waals surface area (Å²) in [7, 11) is -1.34. The molecule has 0 saturated carbocycles. The fraction of sp³-hybridized carbons (Fsp3) is 0.778. The molecule has 0 rings (SSSR count). The summed E-state index contributed by atoms with van der Waals surface area (Å²) in [6.07, 6.45) is -0.273. The Hall–Kier alpha value is -2.10. The van der Waals surface area contributed by atoms with Gasteiger partial charge in [-0.3, -0.25) is 9.59 Å². The molecule has 0 unspecified atom stereocenters. The molecule has 28 heavy (non-hydrogen) atoms. The first-order valence-corrected chi connectivity index (χ1v) is 13.3. The molecule has 0 aromatic carbocycles. The van der Waals surface area contributed by atoms with Crippen LogP contribution in [0.25, 0.3) is 0 Å². The van der Waals surface area contributed by atoms with Crippen molar-refractivity contribution in [3.05, 3.63) is 0 Å². The number of rotatable bonds is 13. The van der Waals surface area contributed by atoms with E-state index >= 15 is 0 Å². The van der Waals surface area contributed by atoms with Gasteiger partial charge in [0.15, 0.2) is 5.78 Å². The van der Waals surface area contributed by atoms with Crippen molar-refractivity contribution >= 4 is 32.0 Å². The van der Waals surface area contributed by atoms with Crippen LogP contribution in [-0.4, -0.2) is 56.3 Å². The Kier molecular flexibility index (Phi) is 11.4. The fourth-order valence-corrected chi connectivity index (χ4v) is 3.19. The van der Waals surface area contributed by atoms with E-state index in [0.717, 1.165) is 6.04 Å². The number of urea groups is 1. The molecule has 0 radical (unpaired) electrons. The SMILES string of the molecule is CC(C)[C@H](NC(=O)OCC[Si](C)(C)C)C(=O)C[C@@H](CCCNC(N)=O)C(=O)O. The summed E-state index contributed by atoms with van der Waals surface area (Å²) in [5.74, 6) is -2.55. The van der Waals surface area contributed by atoms with Crippen LogP contribution >= 0.6 is 0 Å². The van der Waals surface area contributed by atoms with Gasteiger partial charge in [0.1, 0.15) is 0 Å². The molecule has 5 N–H and O–H groups in total. The fourth-order valence-electron chi connectivity index (χ4n) is 2.48. The van der Waals surface area contributed by atoms with Crippen LogP contribution < -0.4 is 16.4 Å². The molecule has 0 aliphatic carbocycles. The number of carboxylic acids is 1. The van der Waals surface area contributed by atoms with Gasteiger partial charge in [-0.1, -0.05) is 33.5 Å². The largest absolute Gasteiger partial charge is 0.481 e. The smallest absolute Gasteiger partial charge is 0.407 e. The van der Waals surface area contributed by atoms with Crippen LogP contribution in [0.1, 0.15) is 33.1 Å². The predicted octanol–water partition coefficient (Wildman–Crippen LogP) is 2.18. The summed E-state index contributed by atoms with van der Waals surface area (Å²) in [6.45, 7) is 10.6. The molecule has 10 heteroatoms. The highest BCUT2D eigenvalue weighted by Crippen LogP contribution is 2.16. The van der Waals surface area contributed by atoms with Crippen molar-refractivity contribution in [2.45, 2.75) is 64.8 Å². The molecule has 0 spiro atoms. The standard InChI is InChI=1S/C18H35N3O6Si/c1-12(2)15(21-18(26)27-9-10-28(3,4)5)14(22)11-13(16(23)24)7-6-8-20-17(19)25/h12-13,15H,6-11H2,1-5H3,(H,21,26)(H,23,24)(H3,19,20,25)/t13-,15+/m1/s1. The number of carbonyl (C=O) groups excluding carboxylic acids is 3. The average Bonchev–Trinajstić information content (AvgIpc) is 2.53. The van der Waals surface area contributed by atoms with E-state index in [4.69, 9.17) is 10.5 Å². The topological polar surface area (TPSA) is 148 Å². The third-order valence-electron chi connectivity index (χ3n) is 4.20. The van der Waals surface area contributed by atoms with Gasteiger partial charge in [-0.15, -0.1) is 0 Å². The molecule has 0 aromatic heterocycles. The predicted molar refractivity (Wildman–Crippen MR) is 109 cm³/mol. The van der Waals surface area contributed by atoms with Gasteiger partial charge in [0.2, 0.25) is 0 Å². The monoisotopic (exact) mass is 417 g/mol. The van der Waals surface area contributed by atoms with Gasteiger partial charge in [0.25, 0.3) is 0 Å². The van der Waals surface area contributed by atoms with Gasteiger partial charge in [-0.25, -0.2) is 9.59 Å². The molecule has 3 amide bonds. The Bertz CT molecular complexity index is 548. The van der Waals surface area contributed by atoms with Gasteiger partial charge in [-0.05, 0) is 24.8 Å². The van der Waals surface area contributed by atoms with Crippen LogP contribution in [0.2, 0.25) is 25.7 Å². The Morgan fingerprint density at radius 1 is 1.14 bits per heavy atom. The lowest BCUT2D eigenvalue weighted by Crippen LogP contribution is -2.45. The van der Waals surface area contributed by atoms with E-state index in [2.05, 4.69) is 30.3 Å². The number of nitrogens with one attached hydrogen (secondary N) is 2. The van der Waals surface area contributed by atoms with E-state index in [1.54, 1.807) is 13.8 Å². The Balaban J connectivity index is 4.69. The number of ether oxygens (including phenoxy) is 1. The van der Waals surface area contributed by atoms with Gasteiger partial charge >= 0.3 is 18.1 Å². The van der Waals surface area contributed by atoms with Crippen LogP contribution in [0.3, 0.4) is 0 Å². The highest BCUT2D eigenvalue weighted by molar-refractivity contribution is 6.76. The minimum atomic E-state index is -1.34. The highest BCUT2D eigenvalue weighted by atomic mass is 28.3. The van der Waals surface area contributed by atoms with Gasteiger partial charge in [-0.2, -0.15) is 0 Å². The Labute approximate surface area is 167 Å². The van der Waals surface area contributed by atoms with Crippen LogP contribution in [0.15, 0.2) is 0 Å². The first-order chi connectivity index (χ1) is 12.8. The summed E-state index contributed by atoms with van der Waals surface area (Å²) in [4.78, 5) is 46.7. The van der Waals surface area contributed by atoms with E-state index in [-0.39, 0.29) is 31.1 Å². The second-order valence-electron chi connectivity index (χ2n) is 8.45. The molecule has 9 nitrogen and oxygen atoms in total. The molecule has 162 valence electrons. The number of hydrogen-bond acceptors (Lipinski definition) is 5. The van der Waals surface area contributed by atoms with Gasteiger partial charge < -0.3 is 26.2 Å². The molecular weight excluding hydrogens is 382 g/mol. The number of carbonyl (C=O) groups is 4. The van der Waals surface area contributed by atoms with E-state index in [0.29, 0.717) is 13.0 Å². The van der Waals surface area contributed by atoms with E-state index in [1.165, 1.54) is 0 Å². The Morgan fingerprint density at radius 2 is 1.75 bits per heavy atom. The highest BCUT2D eigenvalue weighted by Gasteiger charge is 2.29. The first kappa shape index (κ1) is 25.9. The molecule has 0 aliphatic heterocycles. The third kappa shape index (κ3) is 12.3. The van der Waals surface area contributed by atoms with Crippen LogP contribution in [-0.2, 0) is 14.3 Å². The van der Waals surface area contributed by atoms with Crippen molar-refractivity contribution in [3.8, 4) is 0 Å². The van der Waals surface area contributed by atoms with Crippen molar-refractivity contribution < 1.29 is 29.0 Å². The molecule has 0 saturated heterocycles. The first-order valence-electron chi connectivity index (χ1n) is 9.55. The van der Waals surface area contributed by atoms with Gasteiger partial charge in [0, 0.05) is 21.0 Å². The molecule has 0 aromatic rings. The number of aliphatic carboxylic acids is 1. The van der Waals surface area contributed by atoms with Crippen molar-refractivity contribution in [1.29, 1.82) is 0 Å². The second kappa shape index (κ2) is 12.4. The van der Waals surface area contributed by atoms with Crippen molar-refractivity contribution in [3.63, 3.8) is 0 Å². The van der Waals surface area contributed by atoms with Crippen molar-refractivity contribution in [1.82, 2.24) is 10.6 Å². The van der Waals surface area contributed by atoms with Crippen LogP contribution in [0.5, 0.6) is 0 Å². The maximum absolute atomic E-state index is 12.6. The number of ketones is 1. The van der Waals surface area contributed by atoms with E-state index in [9.17, 15) is 24.3 Å². The summed E-state index contributed by atoms with van der Waals surface area (Å²) in [6, 6.07) is -0.675. The normalized spacial score (nSPS) is 13.5. The Morgan fingerprint density at radius 3 is 2.21 bits per heavy atom. The maximum atomic E-state index is 12.6. The molecular formula is C18H35N3O6Si. The quantitative estimate of drug-likeness (QED) is 0.267. The zero-order chi connectivity index (χ0) is 21.9. The summed E-state index contributed by atoms with van der Waals surface area (Å²) in [5, 5.41) is 14.3. The minimum absolute atomic E-state index is 0.204. The van der Waals surface area contributed by atoms with Crippen molar-refractivity contribution in [2.75, 3.05) is 13.2 Å². The van der Waals surface area contributed by atoms with Crippen LogP contribution in [0, 0.1) is 11.8 Å². The lowest BCUT2D eigenvalue weighted by atomic mass is 9.90. The molecule has 0 bridgehead atoms. The molecule has 0 aliphatic rings. The molecule has 0 heterocycles. The zero-order valence-electron chi connectivity index (χ0n) is 17.5. The number of alkyl carbamates (subject to hydrolysis) is 1.